The molecule has 3 aliphatic rings. The summed E-state index contributed by atoms with van der Waals surface area (Å²) < 4.78 is 0. The summed E-state index contributed by atoms with van der Waals surface area (Å²) in [5.41, 5.74) is 3.11. The maximum atomic E-state index is 10.3. The fraction of sp³-hybridized carbons (Fsp3) is 0.750. The van der Waals surface area contributed by atoms with Gasteiger partial charge in [-0.05, 0) is 58.2 Å². The average molecular weight is 247 g/mol. The Balaban J connectivity index is 1.56. The van der Waals surface area contributed by atoms with Crippen molar-refractivity contribution in [3.8, 4) is 0 Å². The lowest BCUT2D eigenvalue weighted by molar-refractivity contribution is 0.120. The quantitative estimate of drug-likeness (QED) is 0.775. The molecule has 0 radical (unpaired) electrons. The highest BCUT2D eigenvalue weighted by Crippen LogP contribution is 2.40. The molecule has 0 aromatic heterocycles. The predicted molar refractivity (Wildman–Crippen MR) is 74.4 cm³/mol. The van der Waals surface area contributed by atoms with Gasteiger partial charge in [0.25, 0.3) is 0 Å². The van der Waals surface area contributed by atoms with Crippen LogP contribution in [0.5, 0.6) is 0 Å². The fourth-order valence-electron chi connectivity index (χ4n) is 3.84. The van der Waals surface area contributed by atoms with E-state index in [0.29, 0.717) is 5.92 Å². The third-order valence-electron chi connectivity index (χ3n) is 4.90. The number of allylic oxidation sites excluding steroid dienone is 2. The molecule has 0 saturated carbocycles. The van der Waals surface area contributed by atoms with Gasteiger partial charge in [-0.2, -0.15) is 0 Å². The lowest BCUT2D eigenvalue weighted by Gasteiger charge is -2.29. The second-order valence-corrected chi connectivity index (χ2v) is 6.08. The number of aliphatic hydroxyl groups excluding tert-OH is 1. The van der Waals surface area contributed by atoms with Crippen LogP contribution >= 0.6 is 0 Å². The van der Waals surface area contributed by atoms with E-state index in [1.165, 1.54) is 44.5 Å². The average Bonchev–Trinajstić information content (AvgIpc) is 2.73. The number of nitrogens with zero attached hydrogens (tertiary/aromatic N) is 1. The Hall–Kier alpha value is -0.600. The van der Waals surface area contributed by atoms with Gasteiger partial charge in [-0.3, -0.25) is 0 Å². The monoisotopic (exact) mass is 247 g/mol. The summed E-state index contributed by atoms with van der Waals surface area (Å²) in [5, 5.41) is 10.3. The highest BCUT2D eigenvalue weighted by molar-refractivity contribution is 5.32. The summed E-state index contributed by atoms with van der Waals surface area (Å²) in [6, 6.07) is 0. The van der Waals surface area contributed by atoms with Gasteiger partial charge in [0.05, 0.1) is 6.10 Å². The van der Waals surface area contributed by atoms with Crippen molar-refractivity contribution in [2.24, 2.45) is 5.92 Å². The van der Waals surface area contributed by atoms with Crippen molar-refractivity contribution in [3.05, 3.63) is 23.3 Å². The highest BCUT2D eigenvalue weighted by Gasteiger charge is 2.33. The van der Waals surface area contributed by atoms with Crippen LogP contribution in [0.3, 0.4) is 0 Å². The Morgan fingerprint density at radius 2 is 1.89 bits per heavy atom. The maximum Gasteiger partial charge on any atom is 0.0643 e. The Morgan fingerprint density at radius 3 is 2.72 bits per heavy atom. The molecule has 1 aliphatic heterocycles. The van der Waals surface area contributed by atoms with Crippen molar-refractivity contribution in [1.29, 1.82) is 0 Å². The molecule has 100 valence electrons. The van der Waals surface area contributed by atoms with Crippen LogP contribution in [0, 0.1) is 5.92 Å². The molecule has 18 heavy (non-hydrogen) atoms. The predicted octanol–water partition coefficient (Wildman–Crippen LogP) is 2.89. The van der Waals surface area contributed by atoms with E-state index in [-0.39, 0.29) is 6.10 Å². The number of hydrogen-bond acceptors (Lipinski definition) is 2. The molecule has 2 atom stereocenters. The van der Waals surface area contributed by atoms with Gasteiger partial charge >= 0.3 is 0 Å². The van der Waals surface area contributed by atoms with E-state index < -0.39 is 0 Å². The zero-order chi connectivity index (χ0) is 12.4. The molecule has 2 heteroatoms. The van der Waals surface area contributed by atoms with Gasteiger partial charge in [-0.25, -0.2) is 0 Å². The van der Waals surface area contributed by atoms with E-state index in [9.17, 15) is 5.11 Å². The maximum absolute atomic E-state index is 10.3. The van der Waals surface area contributed by atoms with Crippen molar-refractivity contribution in [2.45, 2.75) is 51.0 Å². The van der Waals surface area contributed by atoms with Crippen LogP contribution in [0.2, 0.25) is 0 Å². The van der Waals surface area contributed by atoms with E-state index in [0.717, 1.165) is 25.7 Å². The highest BCUT2D eigenvalue weighted by atomic mass is 16.3. The van der Waals surface area contributed by atoms with Crippen LogP contribution in [-0.2, 0) is 0 Å². The first-order valence-electron chi connectivity index (χ1n) is 7.61. The van der Waals surface area contributed by atoms with Crippen molar-refractivity contribution < 1.29 is 5.11 Å². The van der Waals surface area contributed by atoms with E-state index in [4.69, 9.17) is 0 Å². The summed E-state index contributed by atoms with van der Waals surface area (Å²) in [6.45, 7) is 3.73. The third-order valence-corrected chi connectivity index (χ3v) is 4.90. The zero-order valence-corrected chi connectivity index (χ0v) is 11.3. The van der Waals surface area contributed by atoms with Gasteiger partial charge in [0, 0.05) is 5.92 Å². The normalized spacial score (nSPS) is 32.9. The molecule has 0 aromatic rings. The zero-order valence-electron chi connectivity index (χ0n) is 11.3. The Bertz CT molecular complexity index is 352. The standard InChI is InChI=1S/C16H25NO/c18-16-12-13-6-2-3-7-14(13)15(16)8-11-17-9-4-1-5-10-17/h2-3,15-16,18H,1,4-12H2. The second-order valence-electron chi connectivity index (χ2n) is 6.08. The van der Waals surface area contributed by atoms with Crippen molar-refractivity contribution in [3.63, 3.8) is 0 Å². The van der Waals surface area contributed by atoms with E-state index in [2.05, 4.69) is 17.1 Å². The van der Waals surface area contributed by atoms with Crippen molar-refractivity contribution in [1.82, 2.24) is 4.90 Å². The van der Waals surface area contributed by atoms with Crippen molar-refractivity contribution in [2.75, 3.05) is 19.6 Å². The van der Waals surface area contributed by atoms with Gasteiger partial charge in [0.2, 0.25) is 0 Å². The third kappa shape index (κ3) is 2.55. The Labute approximate surface area is 110 Å². The molecule has 0 bridgehead atoms. The molecule has 2 unspecified atom stereocenters. The number of rotatable bonds is 3. The second kappa shape index (κ2) is 5.58. The molecule has 1 saturated heterocycles. The molecule has 1 heterocycles. The number of likely N-dealkylation sites (tertiary alicyclic amines) is 1. The van der Waals surface area contributed by atoms with Crippen LogP contribution in [0.15, 0.2) is 23.3 Å². The largest absolute Gasteiger partial charge is 0.392 e. The van der Waals surface area contributed by atoms with Gasteiger partial charge in [-0.1, -0.05) is 29.7 Å². The van der Waals surface area contributed by atoms with E-state index >= 15 is 0 Å². The number of hydrogen-bond donors (Lipinski definition) is 1. The molecule has 0 spiro atoms. The Kier molecular flexibility index (Phi) is 3.86. The minimum Gasteiger partial charge on any atom is -0.392 e. The molecule has 3 rings (SSSR count). The Morgan fingerprint density at radius 1 is 1.11 bits per heavy atom. The molecule has 1 fully saturated rings. The van der Waals surface area contributed by atoms with Gasteiger partial charge in [-0.15, -0.1) is 0 Å². The summed E-state index contributed by atoms with van der Waals surface area (Å²) in [7, 11) is 0. The van der Waals surface area contributed by atoms with E-state index in [1.807, 2.05) is 0 Å². The van der Waals surface area contributed by atoms with Gasteiger partial charge in [0.15, 0.2) is 0 Å². The summed E-state index contributed by atoms with van der Waals surface area (Å²) in [6.07, 6.45) is 12.9. The fourth-order valence-corrected chi connectivity index (χ4v) is 3.84. The topological polar surface area (TPSA) is 23.5 Å². The van der Waals surface area contributed by atoms with Crippen LogP contribution in [0.25, 0.3) is 0 Å². The lowest BCUT2D eigenvalue weighted by Crippen LogP contribution is -2.32. The molecule has 0 amide bonds. The van der Waals surface area contributed by atoms with Crippen LogP contribution in [0.4, 0.5) is 0 Å². The minimum absolute atomic E-state index is 0.0975. The first-order chi connectivity index (χ1) is 8.84. The number of aliphatic hydroxyl groups is 1. The lowest BCUT2D eigenvalue weighted by atomic mass is 9.90. The van der Waals surface area contributed by atoms with Gasteiger partial charge in [0.1, 0.15) is 0 Å². The molecule has 2 aliphatic carbocycles. The molecule has 1 N–H and O–H groups in total. The molecule has 2 nitrogen and oxygen atoms in total. The van der Waals surface area contributed by atoms with E-state index in [1.54, 1.807) is 5.57 Å². The first kappa shape index (κ1) is 12.4. The van der Waals surface area contributed by atoms with Crippen LogP contribution < -0.4 is 0 Å². The SMILES string of the molecule is OC1CC2=C(CC=CC2)C1CCN1CCCCC1. The minimum atomic E-state index is -0.0975. The van der Waals surface area contributed by atoms with Crippen LogP contribution in [0.1, 0.15) is 44.9 Å². The molecule has 0 aromatic carbocycles. The molecular weight excluding hydrogens is 222 g/mol. The number of piperidine rings is 1. The first-order valence-corrected chi connectivity index (χ1v) is 7.61. The summed E-state index contributed by atoms with van der Waals surface area (Å²) >= 11 is 0. The smallest absolute Gasteiger partial charge is 0.0643 e. The summed E-state index contributed by atoms with van der Waals surface area (Å²) in [4.78, 5) is 2.59. The molecular formula is C16H25NO. The summed E-state index contributed by atoms with van der Waals surface area (Å²) in [5.74, 6) is 0.451. The van der Waals surface area contributed by atoms with Gasteiger partial charge < -0.3 is 10.0 Å². The van der Waals surface area contributed by atoms with Crippen LogP contribution in [-0.4, -0.2) is 35.7 Å². The van der Waals surface area contributed by atoms with Crippen molar-refractivity contribution >= 4 is 0 Å².